The van der Waals surface area contributed by atoms with Crippen molar-refractivity contribution in [3.05, 3.63) is 28.5 Å². The van der Waals surface area contributed by atoms with E-state index in [4.69, 9.17) is 11.6 Å². The molecule has 1 unspecified atom stereocenters. The Kier molecular flexibility index (Phi) is 3.32. The van der Waals surface area contributed by atoms with Gasteiger partial charge in [-0.1, -0.05) is 24.1 Å². The molecule has 1 aromatic heterocycles. The van der Waals surface area contributed by atoms with Crippen LogP contribution in [0.15, 0.2) is 12.1 Å². The van der Waals surface area contributed by atoms with Crippen molar-refractivity contribution in [3.8, 4) is 0 Å². The molecule has 0 saturated heterocycles. The number of halogens is 4. The number of hydrogen-bond acceptors (Lipinski definition) is 2. The van der Waals surface area contributed by atoms with E-state index < -0.39 is 18.0 Å². The van der Waals surface area contributed by atoms with E-state index in [1.165, 1.54) is 6.07 Å². The standard InChI is InChI=1S/C11H11ClF3NO/c12-10-7(9(17)6-2-1-3-6)4-5-8(16-10)11(13,14)15/h4-6,9,17H,1-3H2. The van der Waals surface area contributed by atoms with Crippen molar-refractivity contribution >= 4 is 11.6 Å². The summed E-state index contributed by atoms with van der Waals surface area (Å²) in [4.78, 5) is 3.29. The highest BCUT2D eigenvalue weighted by atomic mass is 35.5. The van der Waals surface area contributed by atoms with Crippen LogP contribution >= 0.6 is 11.6 Å². The molecule has 0 aromatic carbocycles. The van der Waals surface area contributed by atoms with Gasteiger partial charge >= 0.3 is 6.18 Å². The Morgan fingerprint density at radius 2 is 2.00 bits per heavy atom. The van der Waals surface area contributed by atoms with Crippen molar-refractivity contribution < 1.29 is 18.3 Å². The van der Waals surface area contributed by atoms with Gasteiger partial charge < -0.3 is 5.11 Å². The van der Waals surface area contributed by atoms with Crippen molar-refractivity contribution in [1.82, 2.24) is 4.98 Å². The molecule has 1 saturated carbocycles. The fourth-order valence-electron chi connectivity index (χ4n) is 1.83. The van der Waals surface area contributed by atoms with Gasteiger partial charge in [-0.25, -0.2) is 4.98 Å². The summed E-state index contributed by atoms with van der Waals surface area (Å²) in [6.07, 6.45) is -2.54. The quantitative estimate of drug-likeness (QED) is 0.829. The minimum Gasteiger partial charge on any atom is -0.388 e. The van der Waals surface area contributed by atoms with E-state index in [1.54, 1.807) is 0 Å². The van der Waals surface area contributed by atoms with Gasteiger partial charge in [0.05, 0.1) is 6.10 Å². The molecule has 0 radical (unpaired) electrons. The Morgan fingerprint density at radius 3 is 2.41 bits per heavy atom. The Bertz CT molecular complexity index is 418. The van der Waals surface area contributed by atoms with Crippen LogP contribution in [-0.4, -0.2) is 10.1 Å². The van der Waals surface area contributed by atoms with Crippen LogP contribution in [0.1, 0.15) is 36.6 Å². The molecule has 1 aromatic rings. The highest BCUT2D eigenvalue weighted by Gasteiger charge is 2.34. The maximum Gasteiger partial charge on any atom is 0.433 e. The van der Waals surface area contributed by atoms with Crippen molar-refractivity contribution in [2.45, 2.75) is 31.5 Å². The highest BCUT2D eigenvalue weighted by molar-refractivity contribution is 6.30. The summed E-state index contributed by atoms with van der Waals surface area (Å²) in [7, 11) is 0. The number of aliphatic hydroxyl groups excluding tert-OH is 1. The fraction of sp³-hybridized carbons (Fsp3) is 0.545. The zero-order valence-electron chi connectivity index (χ0n) is 8.84. The van der Waals surface area contributed by atoms with Crippen LogP contribution in [0.3, 0.4) is 0 Å². The molecule has 1 heterocycles. The third-order valence-electron chi connectivity index (χ3n) is 3.08. The van der Waals surface area contributed by atoms with Gasteiger partial charge in [0.2, 0.25) is 0 Å². The van der Waals surface area contributed by atoms with Gasteiger partial charge in [-0.2, -0.15) is 13.2 Å². The first-order valence-electron chi connectivity index (χ1n) is 5.31. The predicted octanol–water partition coefficient (Wildman–Crippen LogP) is 3.59. The third kappa shape index (κ3) is 2.55. The first-order valence-corrected chi connectivity index (χ1v) is 5.69. The number of hydrogen-bond donors (Lipinski definition) is 1. The molecule has 2 nitrogen and oxygen atoms in total. The molecular weight excluding hydrogens is 255 g/mol. The number of aliphatic hydroxyl groups is 1. The van der Waals surface area contributed by atoms with E-state index in [1.807, 2.05) is 0 Å². The smallest absolute Gasteiger partial charge is 0.388 e. The van der Waals surface area contributed by atoms with Gasteiger partial charge in [0.25, 0.3) is 0 Å². The van der Waals surface area contributed by atoms with Crippen LogP contribution in [0, 0.1) is 5.92 Å². The monoisotopic (exact) mass is 265 g/mol. The van der Waals surface area contributed by atoms with Crippen molar-refractivity contribution in [1.29, 1.82) is 0 Å². The molecule has 0 spiro atoms. The Balaban J connectivity index is 2.25. The lowest BCUT2D eigenvalue weighted by Gasteiger charge is -2.30. The second kappa shape index (κ2) is 4.46. The molecule has 1 N–H and O–H groups in total. The second-order valence-electron chi connectivity index (χ2n) is 4.21. The molecule has 2 rings (SSSR count). The van der Waals surface area contributed by atoms with E-state index in [0.29, 0.717) is 0 Å². The average Bonchev–Trinajstić information content (AvgIpc) is 2.12. The van der Waals surface area contributed by atoms with Gasteiger partial charge in [-0.05, 0) is 24.8 Å². The van der Waals surface area contributed by atoms with E-state index >= 15 is 0 Å². The van der Waals surface area contributed by atoms with Gasteiger partial charge in [-0.15, -0.1) is 0 Å². The molecule has 94 valence electrons. The Morgan fingerprint density at radius 1 is 1.35 bits per heavy atom. The maximum absolute atomic E-state index is 12.4. The third-order valence-corrected chi connectivity index (χ3v) is 3.39. The lowest BCUT2D eigenvalue weighted by atomic mass is 9.79. The molecule has 0 amide bonds. The summed E-state index contributed by atoms with van der Waals surface area (Å²) in [5.74, 6) is 0.0889. The largest absolute Gasteiger partial charge is 0.433 e. The zero-order chi connectivity index (χ0) is 12.6. The average molecular weight is 266 g/mol. The molecule has 1 atom stereocenters. The first-order chi connectivity index (χ1) is 7.89. The van der Waals surface area contributed by atoms with E-state index in [0.717, 1.165) is 25.3 Å². The predicted molar refractivity (Wildman–Crippen MR) is 56.5 cm³/mol. The maximum atomic E-state index is 12.4. The number of pyridine rings is 1. The summed E-state index contributed by atoms with van der Waals surface area (Å²) in [6.45, 7) is 0. The van der Waals surface area contributed by atoms with Crippen LogP contribution in [0.2, 0.25) is 5.15 Å². The Hall–Kier alpha value is -0.810. The molecule has 1 aliphatic carbocycles. The van der Waals surface area contributed by atoms with Crippen LogP contribution < -0.4 is 0 Å². The number of nitrogens with zero attached hydrogens (tertiary/aromatic N) is 1. The van der Waals surface area contributed by atoms with Crippen LogP contribution in [0.25, 0.3) is 0 Å². The fourth-order valence-corrected chi connectivity index (χ4v) is 2.10. The van der Waals surface area contributed by atoms with Crippen molar-refractivity contribution in [2.75, 3.05) is 0 Å². The van der Waals surface area contributed by atoms with Gasteiger partial charge in [0, 0.05) is 5.56 Å². The second-order valence-corrected chi connectivity index (χ2v) is 4.57. The van der Waals surface area contributed by atoms with Crippen molar-refractivity contribution in [2.24, 2.45) is 5.92 Å². The lowest BCUT2D eigenvalue weighted by Crippen LogP contribution is -2.21. The number of aromatic nitrogens is 1. The highest BCUT2D eigenvalue weighted by Crippen LogP contribution is 2.40. The summed E-state index contributed by atoms with van der Waals surface area (Å²) in [6, 6.07) is 2.06. The van der Waals surface area contributed by atoms with E-state index in [2.05, 4.69) is 4.98 Å². The molecule has 17 heavy (non-hydrogen) atoms. The number of alkyl halides is 3. The normalized spacial score (nSPS) is 18.9. The minimum atomic E-state index is -4.51. The molecular formula is C11H11ClF3NO. The Labute approximate surface area is 101 Å². The zero-order valence-corrected chi connectivity index (χ0v) is 9.59. The van der Waals surface area contributed by atoms with Crippen LogP contribution in [0.4, 0.5) is 13.2 Å². The molecule has 0 aliphatic heterocycles. The molecule has 0 bridgehead atoms. The molecule has 1 fully saturated rings. The van der Waals surface area contributed by atoms with Crippen molar-refractivity contribution in [3.63, 3.8) is 0 Å². The SMILES string of the molecule is OC(c1ccc(C(F)(F)F)nc1Cl)C1CCC1. The summed E-state index contributed by atoms with van der Waals surface area (Å²) >= 11 is 5.68. The minimum absolute atomic E-state index is 0.0889. The summed E-state index contributed by atoms with van der Waals surface area (Å²) in [5.41, 5.74) is -0.753. The van der Waals surface area contributed by atoms with Gasteiger partial charge in [-0.3, -0.25) is 0 Å². The van der Waals surface area contributed by atoms with Crippen LogP contribution in [-0.2, 0) is 6.18 Å². The summed E-state index contributed by atoms with van der Waals surface area (Å²) in [5, 5.41) is 9.64. The van der Waals surface area contributed by atoms with E-state index in [9.17, 15) is 18.3 Å². The lowest BCUT2D eigenvalue weighted by molar-refractivity contribution is -0.141. The summed E-state index contributed by atoms with van der Waals surface area (Å²) < 4.78 is 37.1. The molecule has 6 heteroatoms. The van der Waals surface area contributed by atoms with Crippen LogP contribution in [0.5, 0.6) is 0 Å². The van der Waals surface area contributed by atoms with Gasteiger partial charge in [0.15, 0.2) is 0 Å². The van der Waals surface area contributed by atoms with Gasteiger partial charge in [0.1, 0.15) is 10.8 Å². The number of rotatable bonds is 2. The topological polar surface area (TPSA) is 33.1 Å². The molecule has 1 aliphatic rings. The van der Waals surface area contributed by atoms with E-state index in [-0.39, 0.29) is 16.6 Å². The first kappa shape index (κ1) is 12.6.